The molecule has 0 aromatic rings. The van der Waals surface area contributed by atoms with Crippen molar-refractivity contribution in [3.63, 3.8) is 0 Å². The summed E-state index contributed by atoms with van der Waals surface area (Å²) >= 11 is 0. The molecule has 56 valence electrons. The topological polar surface area (TPSA) is 27.0 Å². The van der Waals surface area contributed by atoms with Crippen LogP contribution in [0.15, 0.2) is 12.7 Å². The Balaban J connectivity index is 0. The van der Waals surface area contributed by atoms with Gasteiger partial charge in [0.15, 0.2) is 0 Å². The van der Waals surface area contributed by atoms with E-state index >= 15 is 0 Å². The van der Waals surface area contributed by atoms with E-state index in [-0.39, 0.29) is 0 Å². The van der Waals surface area contributed by atoms with Crippen LogP contribution in [0.25, 0.3) is 0 Å². The highest BCUT2D eigenvalue weighted by Gasteiger charge is 1.81. The molecule has 0 bridgehead atoms. The summed E-state index contributed by atoms with van der Waals surface area (Å²) < 4.78 is 0. The third-order valence-electron chi connectivity index (χ3n) is 0.780. The molecule has 0 saturated carbocycles. The van der Waals surface area contributed by atoms with Crippen LogP contribution in [0.1, 0.15) is 6.42 Å². The average molecular weight is 138 g/mol. The molecule has 0 aliphatic carbocycles. The maximum absolute atomic E-state index is 7.32. The Bertz CT molecular complexity index is 105. The molecule has 0 N–H and O–H groups in total. The minimum Gasteiger partial charge on any atom is -0.309 e. The van der Waals surface area contributed by atoms with Gasteiger partial charge >= 0.3 is 0 Å². The Morgan fingerprint density at radius 3 is 2.20 bits per heavy atom. The molecule has 2 nitrogen and oxygen atoms in total. The maximum Gasteiger partial charge on any atom is 0.232 e. The average Bonchev–Trinajstić information content (AvgIpc) is 1.85. The van der Waals surface area contributed by atoms with Gasteiger partial charge in [-0.1, -0.05) is 6.08 Å². The first-order valence-corrected chi connectivity index (χ1v) is 3.25. The van der Waals surface area contributed by atoms with E-state index in [1.165, 1.54) is 7.85 Å². The highest BCUT2D eigenvalue weighted by atomic mass is 15.0. The zero-order valence-corrected chi connectivity index (χ0v) is 7.09. The summed E-state index contributed by atoms with van der Waals surface area (Å²) in [6.07, 6.45) is 3.02. The monoisotopic (exact) mass is 138 g/mol. The first-order chi connectivity index (χ1) is 4.68. The van der Waals surface area contributed by atoms with Gasteiger partial charge in [-0.3, -0.25) is 0 Å². The van der Waals surface area contributed by atoms with E-state index < -0.39 is 0 Å². The second-order valence-corrected chi connectivity index (χ2v) is 2.10. The molecule has 0 heterocycles. The smallest absolute Gasteiger partial charge is 0.232 e. The van der Waals surface area contributed by atoms with E-state index in [4.69, 9.17) is 5.26 Å². The van der Waals surface area contributed by atoms with E-state index in [0.717, 1.165) is 13.0 Å². The predicted octanol–water partition coefficient (Wildman–Crippen LogP) is 0.225. The molecule has 0 aliphatic rings. The standard InChI is InChI=1S/C6H13N.CH2BN/c1-4-5-6-7(2)3;2-1-3/h4H,1,5-6H2,2-3H3;2H2. The maximum atomic E-state index is 7.32. The Labute approximate surface area is 64.5 Å². The van der Waals surface area contributed by atoms with Crippen LogP contribution in [0.5, 0.6) is 0 Å². The van der Waals surface area contributed by atoms with Crippen LogP contribution in [-0.4, -0.2) is 33.4 Å². The van der Waals surface area contributed by atoms with Crippen LogP contribution in [0.4, 0.5) is 0 Å². The summed E-state index contributed by atoms with van der Waals surface area (Å²) in [5, 5.41) is 7.32. The normalized spacial score (nSPS) is 7.40. The number of rotatable bonds is 3. The fourth-order valence-corrected chi connectivity index (χ4v) is 0.349. The number of nitrogens with zero attached hydrogens (tertiary/aromatic N) is 2. The molecular formula is C7H15BN2. The quantitative estimate of drug-likeness (QED) is 0.412. The fourth-order valence-electron chi connectivity index (χ4n) is 0.349. The minimum atomic E-state index is 1.09. The molecule has 0 amide bonds. The molecule has 0 aliphatic heterocycles. The van der Waals surface area contributed by atoms with Crippen LogP contribution in [0.2, 0.25) is 0 Å². The highest BCUT2D eigenvalue weighted by molar-refractivity contribution is 6.20. The van der Waals surface area contributed by atoms with Crippen LogP contribution < -0.4 is 0 Å². The van der Waals surface area contributed by atoms with Crippen LogP contribution in [0, 0.1) is 11.2 Å². The molecule has 0 saturated heterocycles. The molecule has 0 radical (unpaired) electrons. The van der Waals surface area contributed by atoms with Gasteiger partial charge in [-0.25, -0.2) is 5.26 Å². The summed E-state index contributed by atoms with van der Waals surface area (Å²) in [5.74, 6) is 1.75. The zero-order chi connectivity index (χ0) is 8.41. The highest BCUT2D eigenvalue weighted by Crippen LogP contribution is 1.80. The van der Waals surface area contributed by atoms with Gasteiger partial charge in [0, 0.05) is 6.54 Å². The van der Waals surface area contributed by atoms with Gasteiger partial charge < -0.3 is 4.90 Å². The van der Waals surface area contributed by atoms with Crippen molar-refractivity contribution in [3.8, 4) is 5.97 Å². The van der Waals surface area contributed by atoms with Crippen molar-refractivity contribution in [1.29, 1.82) is 5.26 Å². The molecule has 3 heteroatoms. The van der Waals surface area contributed by atoms with Crippen molar-refractivity contribution < 1.29 is 0 Å². The van der Waals surface area contributed by atoms with Crippen LogP contribution in [0.3, 0.4) is 0 Å². The molecule has 0 unspecified atom stereocenters. The van der Waals surface area contributed by atoms with Gasteiger partial charge in [-0.2, -0.15) is 0 Å². The molecule has 0 fully saturated rings. The van der Waals surface area contributed by atoms with E-state index in [2.05, 4.69) is 25.6 Å². The second-order valence-electron chi connectivity index (χ2n) is 2.10. The second kappa shape index (κ2) is 11.1. The van der Waals surface area contributed by atoms with Crippen LogP contribution in [-0.2, 0) is 0 Å². The van der Waals surface area contributed by atoms with E-state index in [0.29, 0.717) is 0 Å². The Kier molecular flexibility index (Phi) is 13.3. The largest absolute Gasteiger partial charge is 0.309 e. The minimum absolute atomic E-state index is 1.09. The Hall–Kier alpha value is -0.745. The van der Waals surface area contributed by atoms with Crippen molar-refractivity contribution in [2.24, 2.45) is 0 Å². The lowest BCUT2D eigenvalue weighted by atomic mass is 10.2. The molecule has 0 rings (SSSR count). The predicted molar refractivity (Wildman–Crippen MR) is 47.5 cm³/mol. The van der Waals surface area contributed by atoms with Gasteiger partial charge in [-0.05, 0) is 26.5 Å². The van der Waals surface area contributed by atoms with Gasteiger partial charge in [0.25, 0.3) is 0 Å². The first-order valence-electron chi connectivity index (χ1n) is 3.25. The Morgan fingerprint density at radius 2 is 2.10 bits per heavy atom. The zero-order valence-electron chi connectivity index (χ0n) is 7.09. The van der Waals surface area contributed by atoms with Gasteiger partial charge in [0.1, 0.15) is 0 Å². The number of hydrogen-bond donors (Lipinski definition) is 0. The summed E-state index contributed by atoms with van der Waals surface area (Å²) in [6.45, 7) is 4.72. The van der Waals surface area contributed by atoms with Crippen molar-refractivity contribution >= 4 is 7.85 Å². The van der Waals surface area contributed by atoms with Crippen molar-refractivity contribution in [2.75, 3.05) is 20.6 Å². The molecule has 10 heavy (non-hydrogen) atoms. The summed E-state index contributed by atoms with van der Waals surface area (Å²) in [7, 11) is 5.55. The fraction of sp³-hybridized carbons (Fsp3) is 0.571. The van der Waals surface area contributed by atoms with E-state index in [9.17, 15) is 0 Å². The van der Waals surface area contributed by atoms with Crippen molar-refractivity contribution in [3.05, 3.63) is 12.7 Å². The molecular weight excluding hydrogens is 123 g/mol. The summed E-state index contributed by atoms with van der Waals surface area (Å²) in [5.41, 5.74) is 0. The molecule has 0 aromatic carbocycles. The van der Waals surface area contributed by atoms with Gasteiger partial charge in [-0.15, -0.1) is 6.58 Å². The van der Waals surface area contributed by atoms with Crippen LogP contribution >= 0.6 is 0 Å². The molecule has 0 aromatic heterocycles. The summed E-state index contributed by atoms with van der Waals surface area (Å²) in [4.78, 5) is 2.14. The van der Waals surface area contributed by atoms with E-state index in [1.54, 1.807) is 5.97 Å². The molecule has 0 spiro atoms. The SMILES string of the molecule is BC#N.C=CCCN(C)C. The lowest BCUT2D eigenvalue weighted by Gasteiger charge is -2.04. The van der Waals surface area contributed by atoms with Crippen molar-refractivity contribution in [2.45, 2.75) is 6.42 Å². The van der Waals surface area contributed by atoms with E-state index in [1.807, 2.05) is 6.08 Å². The van der Waals surface area contributed by atoms with Gasteiger partial charge in [0.2, 0.25) is 7.85 Å². The third-order valence-corrected chi connectivity index (χ3v) is 0.780. The lowest BCUT2D eigenvalue weighted by Crippen LogP contribution is -2.11. The van der Waals surface area contributed by atoms with Crippen molar-refractivity contribution in [1.82, 2.24) is 4.90 Å². The Morgan fingerprint density at radius 1 is 1.70 bits per heavy atom. The molecule has 0 atom stereocenters. The third kappa shape index (κ3) is 26.8. The first kappa shape index (κ1) is 12.0. The number of nitriles is 1. The lowest BCUT2D eigenvalue weighted by molar-refractivity contribution is 0.417. The number of hydrogen-bond acceptors (Lipinski definition) is 2. The summed E-state index contributed by atoms with van der Waals surface area (Å²) in [6, 6.07) is 0. The van der Waals surface area contributed by atoms with Gasteiger partial charge in [0.05, 0.1) is 0 Å².